The molecule has 0 fully saturated rings. The first-order valence-corrected chi connectivity index (χ1v) is 7.91. The van der Waals surface area contributed by atoms with Crippen LogP contribution in [0.5, 0.6) is 0 Å². The Labute approximate surface area is 154 Å². The van der Waals surface area contributed by atoms with Gasteiger partial charge in [0.2, 0.25) is 0 Å². The number of nitrogens with zero attached hydrogens (tertiary/aromatic N) is 2. The van der Waals surface area contributed by atoms with Crippen molar-refractivity contribution >= 4 is 34.6 Å². The summed E-state index contributed by atoms with van der Waals surface area (Å²) in [5.74, 6) is -0.966. The minimum Gasteiger partial charge on any atom is -0.354 e. The Morgan fingerprint density at radius 3 is 2.69 bits per heavy atom. The fraction of sp³-hybridized carbons (Fsp3) is 0. The maximum Gasteiger partial charge on any atom is 0.257 e. The van der Waals surface area contributed by atoms with E-state index in [4.69, 9.17) is 16.9 Å². The molecule has 1 heterocycles. The summed E-state index contributed by atoms with van der Waals surface area (Å²) in [6.45, 7) is 0. The molecule has 0 saturated heterocycles. The number of rotatable bonds is 4. The minimum atomic E-state index is -0.558. The lowest BCUT2D eigenvalue weighted by atomic mass is 10.2. The van der Waals surface area contributed by atoms with Gasteiger partial charge in [0, 0.05) is 17.6 Å². The van der Waals surface area contributed by atoms with Gasteiger partial charge in [-0.3, -0.25) is 9.78 Å². The summed E-state index contributed by atoms with van der Waals surface area (Å²) >= 11 is 5.71. The van der Waals surface area contributed by atoms with Gasteiger partial charge in [-0.15, -0.1) is 0 Å². The van der Waals surface area contributed by atoms with Crippen molar-refractivity contribution in [2.75, 3.05) is 10.6 Å². The molecule has 1 aromatic heterocycles. The molecule has 2 aromatic carbocycles. The predicted molar refractivity (Wildman–Crippen MR) is 98.0 cm³/mol. The number of anilines is 3. The van der Waals surface area contributed by atoms with Gasteiger partial charge in [-0.1, -0.05) is 17.7 Å². The number of carbonyl (C=O) groups is 1. The van der Waals surface area contributed by atoms with Crippen LogP contribution >= 0.6 is 11.6 Å². The first kappa shape index (κ1) is 17.4. The molecule has 3 rings (SSSR count). The van der Waals surface area contributed by atoms with Crippen LogP contribution in [-0.4, -0.2) is 10.9 Å². The maximum atomic E-state index is 13.2. The molecule has 0 atom stereocenters. The fourth-order valence-electron chi connectivity index (χ4n) is 2.24. The SMILES string of the molecule is N#Cc1cccc(Nc2cncc(C(=O)Nc3ccc(F)c(Cl)c3)c2)c1. The Hall–Kier alpha value is -3.43. The summed E-state index contributed by atoms with van der Waals surface area (Å²) in [6, 6.07) is 14.5. The monoisotopic (exact) mass is 366 g/mol. The second kappa shape index (κ2) is 7.64. The van der Waals surface area contributed by atoms with E-state index in [2.05, 4.69) is 21.7 Å². The highest BCUT2D eigenvalue weighted by Crippen LogP contribution is 2.21. The number of halogens is 2. The molecule has 2 N–H and O–H groups in total. The Bertz CT molecular complexity index is 1020. The topological polar surface area (TPSA) is 77.8 Å². The van der Waals surface area contributed by atoms with E-state index in [1.165, 1.54) is 24.4 Å². The van der Waals surface area contributed by atoms with Crippen LogP contribution in [0.2, 0.25) is 5.02 Å². The van der Waals surface area contributed by atoms with Gasteiger partial charge in [-0.05, 0) is 42.5 Å². The highest BCUT2D eigenvalue weighted by atomic mass is 35.5. The third-order valence-corrected chi connectivity index (χ3v) is 3.75. The number of amides is 1. The number of carbonyl (C=O) groups excluding carboxylic acids is 1. The number of hydrogen-bond donors (Lipinski definition) is 2. The Balaban J connectivity index is 1.76. The van der Waals surface area contributed by atoms with E-state index in [1.807, 2.05) is 0 Å². The smallest absolute Gasteiger partial charge is 0.257 e. The summed E-state index contributed by atoms with van der Waals surface area (Å²) in [4.78, 5) is 16.4. The highest BCUT2D eigenvalue weighted by molar-refractivity contribution is 6.31. The van der Waals surface area contributed by atoms with Crippen molar-refractivity contribution in [3.63, 3.8) is 0 Å². The van der Waals surface area contributed by atoms with Crippen molar-refractivity contribution in [2.45, 2.75) is 0 Å². The quantitative estimate of drug-likeness (QED) is 0.699. The molecule has 0 spiro atoms. The molecule has 3 aromatic rings. The van der Waals surface area contributed by atoms with Gasteiger partial charge in [0.05, 0.1) is 34.1 Å². The molecule has 0 bridgehead atoms. The maximum absolute atomic E-state index is 13.2. The summed E-state index contributed by atoms with van der Waals surface area (Å²) in [6.07, 6.45) is 2.97. The zero-order valence-electron chi connectivity index (χ0n) is 13.3. The molecule has 0 saturated carbocycles. The largest absolute Gasteiger partial charge is 0.354 e. The van der Waals surface area contributed by atoms with Crippen molar-refractivity contribution in [1.29, 1.82) is 5.26 Å². The average molecular weight is 367 g/mol. The molecule has 0 aliphatic heterocycles. The molecule has 7 heteroatoms. The van der Waals surface area contributed by atoms with E-state index < -0.39 is 11.7 Å². The normalized spacial score (nSPS) is 10.0. The predicted octanol–water partition coefficient (Wildman–Crippen LogP) is 4.74. The number of pyridine rings is 1. The molecule has 0 aliphatic rings. The molecule has 0 unspecified atom stereocenters. The Morgan fingerprint density at radius 2 is 1.92 bits per heavy atom. The van der Waals surface area contributed by atoms with Crippen LogP contribution in [0.4, 0.5) is 21.5 Å². The van der Waals surface area contributed by atoms with Gasteiger partial charge in [-0.25, -0.2) is 4.39 Å². The number of hydrogen-bond acceptors (Lipinski definition) is 4. The average Bonchev–Trinajstić information content (AvgIpc) is 2.65. The van der Waals surface area contributed by atoms with E-state index in [9.17, 15) is 9.18 Å². The molecule has 1 amide bonds. The molecule has 128 valence electrons. The highest BCUT2D eigenvalue weighted by Gasteiger charge is 2.09. The van der Waals surface area contributed by atoms with Crippen LogP contribution < -0.4 is 10.6 Å². The molecule has 26 heavy (non-hydrogen) atoms. The van der Waals surface area contributed by atoms with Gasteiger partial charge in [0.15, 0.2) is 0 Å². The van der Waals surface area contributed by atoms with E-state index in [0.29, 0.717) is 28.2 Å². The van der Waals surface area contributed by atoms with E-state index in [-0.39, 0.29) is 5.02 Å². The van der Waals surface area contributed by atoms with E-state index >= 15 is 0 Å². The van der Waals surface area contributed by atoms with Crippen molar-refractivity contribution in [1.82, 2.24) is 4.98 Å². The number of nitrogens with one attached hydrogen (secondary N) is 2. The summed E-state index contributed by atoms with van der Waals surface area (Å²) < 4.78 is 13.2. The van der Waals surface area contributed by atoms with Gasteiger partial charge >= 0.3 is 0 Å². The van der Waals surface area contributed by atoms with Crippen molar-refractivity contribution < 1.29 is 9.18 Å². The van der Waals surface area contributed by atoms with Crippen molar-refractivity contribution in [3.8, 4) is 6.07 Å². The van der Waals surface area contributed by atoms with Crippen molar-refractivity contribution in [3.05, 3.63) is 82.9 Å². The zero-order valence-corrected chi connectivity index (χ0v) is 14.1. The zero-order chi connectivity index (χ0) is 18.5. The third kappa shape index (κ3) is 4.15. The molecule has 5 nitrogen and oxygen atoms in total. The second-order valence-electron chi connectivity index (χ2n) is 5.36. The van der Waals surface area contributed by atoms with E-state index in [1.54, 1.807) is 36.5 Å². The Morgan fingerprint density at radius 1 is 1.08 bits per heavy atom. The van der Waals surface area contributed by atoms with Gasteiger partial charge < -0.3 is 10.6 Å². The van der Waals surface area contributed by atoms with Crippen LogP contribution in [0, 0.1) is 17.1 Å². The number of benzene rings is 2. The van der Waals surface area contributed by atoms with Crippen LogP contribution in [0.25, 0.3) is 0 Å². The molecule has 0 radical (unpaired) electrons. The van der Waals surface area contributed by atoms with Crippen LogP contribution in [-0.2, 0) is 0 Å². The van der Waals surface area contributed by atoms with Crippen molar-refractivity contribution in [2.24, 2.45) is 0 Å². The summed E-state index contributed by atoms with van der Waals surface area (Å²) in [5, 5.41) is 14.6. The van der Waals surface area contributed by atoms with Crippen LogP contribution in [0.15, 0.2) is 60.9 Å². The van der Waals surface area contributed by atoms with Gasteiger partial charge in [-0.2, -0.15) is 5.26 Å². The van der Waals surface area contributed by atoms with Gasteiger partial charge in [0.25, 0.3) is 5.91 Å². The minimum absolute atomic E-state index is 0.0753. The van der Waals surface area contributed by atoms with Gasteiger partial charge in [0.1, 0.15) is 5.82 Å². The lowest BCUT2D eigenvalue weighted by Crippen LogP contribution is -2.12. The van der Waals surface area contributed by atoms with Crippen LogP contribution in [0.3, 0.4) is 0 Å². The first-order valence-electron chi connectivity index (χ1n) is 7.54. The second-order valence-corrected chi connectivity index (χ2v) is 5.77. The fourth-order valence-corrected chi connectivity index (χ4v) is 2.42. The van der Waals surface area contributed by atoms with E-state index in [0.717, 1.165) is 0 Å². The molecule has 0 aliphatic carbocycles. The molecular formula is C19H12ClFN4O. The first-order chi connectivity index (χ1) is 12.5. The standard InChI is InChI=1S/C19H12ClFN4O/c20-17-8-15(4-5-18(17)21)25-19(26)13-7-16(11-23-10-13)24-14-3-1-2-12(6-14)9-22/h1-8,10-11,24H,(H,25,26). The number of aromatic nitrogens is 1. The third-order valence-electron chi connectivity index (χ3n) is 3.46. The lowest BCUT2D eigenvalue weighted by Gasteiger charge is -2.09. The molecular weight excluding hydrogens is 355 g/mol. The summed E-state index contributed by atoms with van der Waals surface area (Å²) in [5.41, 5.74) is 2.50. The number of nitriles is 1. The summed E-state index contributed by atoms with van der Waals surface area (Å²) in [7, 11) is 0. The lowest BCUT2D eigenvalue weighted by molar-refractivity contribution is 0.102. The van der Waals surface area contributed by atoms with Crippen LogP contribution in [0.1, 0.15) is 15.9 Å². The Kier molecular flexibility index (Phi) is 5.11.